The summed E-state index contributed by atoms with van der Waals surface area (Å²) >= 11 is 0. The van der Waals surface area contributed by atoms with E-state index in [1.807, 2.05) is 13.8 Å². The van der Waals surface area contributed by atoms with Crippen molar-refractivity contribution in [2.75, 3.05) is 11.5 Å². The summed E-state index contributed by atoms with van der Waals surface area (Å²) in [7, 11) is 0. The highest BCUT2D eigenvalue weighted by Crippen LogP contribution is 2.22. The molecule has 0 unspecified atom stereocenters. The lowest BCUT2D eigenvalue weighted by atomic mass is 10.1. The fourth-order valence-electron chi connectivity index (χ4n) is 1.31. The first-order valence-corrected chi connectivity index (χ1v) is 5.51. The van der Waals surface area contributed by atoms with Crippen molar-refractivity contribution in [3.8, 4) is 11.5 Å². The fourth-order valence-corrected chi connectivity index (χ4v) is 1.31. The summed E-state index contributed by atoms with van der Waals surface area (Å²) in [4.78, 5) is 0. The van der Waals surface area contributed by atoms with Gasteiger partial charge in [-0.15, -0.1) is 0 Å². The van der Waals surface area contributed by atoms with Crippen molar-refractivity contribution in [3.05, 3.63) is 47.5 Å². The minimum atomic E-state index is 0.146. The summed E-state index contributed by atoms with van der Waals surface area (Å²) in [5.74, 6) is 0.458. The number of aryl methyl sites for hydroxylation is 2. The highest BCUT2D eigenvalue weighted by Gasteiger charge is 1.98. The van der Waals surface area contributed by atoms with Gasteiger partial charge in [0.1, 0.15) is 11.5 Å². The van der Waals surface area contributed by atoms with E-state index in [0.717, 1.165) is 16.8 Å². The SMILES string of the molecule is Cc1cc(O)c(C)cc1N.Nc1ccccc1O. The van der Waals surface area contributed by atoms with E-state index in [2.05, 4.69) is 0 Å². The molecule has 0 saturated heterocycles. The predicted octanol–water partition coefficient (Wildman–Crippen LogP) is 2.57. The summed E-state index contributed by atoms with van der Waals surface area (Å²) in [5, 5.41) is 18.0. The Bertz CT molecular complexity index is 468. The third-order valence-corrected chi connectivity index (χ3v) is 2.52. The number of benzene rings is 2. The quantitative estimate of drug-likeness (QED) is 0.326. The van der Waals surface area contributed by atoms with Gasteiger partial charge in [-0.05, 0) is 49.2 Å². The molecule has 0 atom stereocenters. The normalized spacial score (nSPS) is 9.44. The minimum absolute atomic E-state index is 0.146. The maximum atomic E-state index is 9.17. The standard InChI is InChI=1S/C8H11NO.C6H7NO/c1-5-4-8(10)6(2)3-7(5)9;7-5-3-1-2-4-6(5)8/h3-4,10H,9H2,1-2H3;1-4,8H,7H2. The van der Waals surface area contributed by atoms with Crippen LogP contribution in [0.1, 0.15) is 11.1 Å². The van der Waals surface area contributed by atoms with Crippen LogP contribution in [0, 0.1) is 13.8 Å². The number of anilines is 2. The zero-order chi connectivity index (χ0) is 13.7. The molecule has 2 aromatic rings. The number of rotatable bonds is 0. The lowest BCUT2D eigenvalue weighted by Crippen LogP contribution is -1.89. The molecule has 0 heterocycles. The van der Waals surface area contributed by atoms with Crippen molar-refractivity contribution >= 4 is 11.4 Å². The molecule has 2 rings (SSSR count). The molecule has 0 aliphatic rings. The maximum absolute atomic E-state index is 9.17. The van der Waals surface area contributed by atoms with E-state index in [1.54, 1.807) is 36.4 Å². The summed E-state index contributed by atoms with van der Waals surface area (Å²) in [6.45, 7) is 3.69. The summed E-state index contributed by atoms with van der Waals surface area (Å²) in [6.07, 6.45) is 0. The number of hydrogen-bond acceptors (Lipinski definition) is 4. The smallest absolute Gasteiger partial charge is 0.138 e. The number of aromatic hydroxyl groups is 2. The minimum Gasteiger partial charge on any atom is -0.508 e. The Kier molecular flexibility index (Phi) is 4.43. The van der Waals surface area contributed by atoms with Gasteiger partial charge in [0, 0.05) is 5.69 Å². The number of phenolic OH excluding ortho intramolecular Hbond substituents is 2. The molecular weight excluding hydrogens is 228 g/mol. The van der Waals surface area contributed by atoms with Gasteiger partial charge in [-0.3, -0.25) is 0 Å². The molecule has 2 aromatic carbocycles. The van der Waals surface area contributed by atoms with Crippen LogP contribution in [-0.2, 0) is 0 Å². The molecule has 0 aromatic heterocycles. The largest absolute Gasteiger partial charge is 0.508 e. The van der Waals surface area contributed by atoms with Crippen LogP contribution in [0.5, 0.6) is 11.5 Å². The van der Waals surface area contributed by atoms with Crippen LogP contribution in [0.2, 0.25) is 0 Å². The van der Waals surface area contributed by atoms with E-state index < -0.39 is 0 Å². The van der Waals surface area contributed by atoms with Crippen LogP contribution < -0.4 is 11.5 Å². The molecule has 0 aliphatic carbocycles. The molecule has 4 nitrogen and oxygen atoms in total. The predicted molar refractivity (Wildman–Crippen MR) is 74.5 cm³/mol. The molecule has 0 spiro atoms. The Hall–Kier alpha value is -2.36. The third kappa shape index (κ3) is 3.59. The molecule has 96 valence electrons. The van der Waals surface area contributed by atoms with Gasteiger partial charge in [-0.1, -0.05) is 12.1 Å². The van der Waals surface area contributed by atoms with E-state index in [1.165, 1.54) is 0 Å². The maximum Gasteiger partial charge on any atom is 0.138 e. The third-order valence-electron chi connectivity index (χ3n) is 2.52. The van der Waals surface area contributed by atoms with E-state index >= 15 is 0 Å². The molecule has 0 amide bonds. The highest BCUT2D eigenvalue weighted by atomic mass is 16.3. The van der Waals surface area contributed by atoms with Gasteiger partial charge in [0.25, 0.3) is 0 Å². The monoisotopic (exact) mass is 246 g/mol. The fraction of sp³-hybridized carbons (Fsp3) is 0.143. The first-order chi connectivity index (χ1) is 8.41. The topological polar surface area (TPSA) is 92.5 Å². The van der Waals surface area contributed by atoms with E-state index in [-0.39, 0.29) is 5.75 Å². The van der Waals surface area contributed by atoms with Crippen LogP contribution in [0.15, 0.2) is 36.4 Å². The molecular formula is C14H18N2O2. The molecule has 0 aliphatic heterocycles. The van der Waals surface area contributed by atoms with Gasteiger partial charge in [0.05, 0.1) is 5.69 Å². The van der Waals surface area contributed by atoms with Gasteiger partial charge >= 0.3 is 0 Å². The van der Waals surface area contributed by atoms with Crippen molar-refractivity contribution in [3.63, 3.8) is 0 Å². The van der Waals surface area contributed by atoms with Crippen molar-refractivity contribution in [1.29, 1.82) is 0 Å². The van der Waals surface area contributed by atoms with Crippen LogP contribution in [0.25, 0.3) is 0 Å². The number of phenols is 2. The molecule has 0 bridgehead atoms. The van der Waals surface area contributed by atoms with E-state index in [4.69, 9.17) is 21.7 Å². The Balaban J connectivity index is 0.000000184. The number of hydrogen-bond donors (Lipinski definition) is 4. The molecule has 4 heteroatoms. The highest BCUT2D eigenvalue weighted by molar-refractivity contribution is 5.53. The summed E-state index contributed by atoms with van der Waals surface area (Å²) < 4.78 is 0. The number of nitrogens with two attached hydrogens (primary N) is 2. The molecule has 0 radical (unpaired) electrons. The molecule has 0 saturated carbocycles. The zero-order valence-electron chi connectivity index (χ0n) is 10.5. The van der Waals surface area contributed by atoms with Crippen LogP contribution in [0.3, 0.4) is 0 Å². The van der Waals surface area contributed by atoms with Gasteiger partial charge < -0.3 is 21.7 Å². The Morgan fingerprint density at radius 1 is 0.778 bits per heavy atom. The summed E-state index contributed by atoms with van der Waals surface area (Å²) in [6, 6.07) is 10.1. The molecule has 0 fully saturated rings. The average molecular weight is 246 g/mol. The lowest BCUT2D eigenvalue weighted by Gasteiger charge is -2.02. The number of para-hydroxylation sites is 2. The summed E-state index contributed by atoms with van der Waals surface area (Å²) in [5.41, 5.74) is 13.7. The Labute approximate surface area is 106 Å². The lowest BCUT2D eigenvalue weighted by molar-refractivity contribution is 0.471. The second-order valence-corrected chi connectivity index (χ2v) is 4.05. The van der Waals surface area contributed by atoms with Crippen molar-refractivity contribution in [2.45, 2.75) is 13.8 Å². The first kappa shape index (κ1) is 13.7. The van der Waals surface area contributed by atoms with Crippen LogP contribution >= 0.6 is 0 Å². The van der Waals surface area contributed by atoms with Gasteiger partial charge in [-0.2, -0.15) is 0 Å². The second-order valence-electron chi connectivity index (χ2n) is 4.05. The Morgan fingerprint density at radius 2 is 1.39 bits per heavy atom. The van der Waals surface area contributed by atoms with Crippen molar-refractivity contribution in [1.82, 2.24) is 0 Å². The van der Waals surface area contributed by atoms with Gasteiger partial charge in [-0.25, -0.2) is 0 Å². The Morgan fingerprint density at radius 3 is 1.83 bits per heavy atom. The second kappa shape index (κ2) is 5.82. The molecule has 6 N–H and O–H groups in total. The van der Waals surface area contributed by atoms with Crippen molar-refractivity contribution < 1.29 is 10.2 Å². The molecule has 18 heavy (non-hydrogen) atoms. The van der Waals surface area contributed by atoms with Crippen molar-refractivity contribution in [2.24, 2.45) is 0 Å². The van der Waals surface area contributed by atoms with Gasteiger partial charge in [0.2, 0.25) is 0 Å². The number of nitrogen functional groups attached to an aromatic ring is 2. The first-order valence-electron chi connectivity index (χ1n) is 5.51. The van der Waals surface area contributed by atoms with Crippen LogP contribution in [0.4, 0.5) is 11.4 Å². The zero-order valence-corrected chi connectivity index (χ0v) is 10.5. The average Bonchev–Trinajstić information content (AvgIpc) is 2.31. The van der Waals surface area contributed by atoms with Crippen LogP contribution in [-0.4, -0.2) is 10.2 Å². The van der Waals surface area contributed by atoms with E-state index in [9.17, 15) is 0 Å². The van der Waals surface area contributed by atoms with Gasteiger partial charge in [0.15, 0.2) is 0 Å². The van der Waals surface area contributed by atoms with E-state index in [0.29, 0.717) is 11.4 Å².